The lowest BCUT2D eigenvalue weighted by atomic mass is 10.2. The number of nitrogens with one attached hydrogen (secondary N) is 1. The molecule has 1 aliphatic heterocycles. The van der Waals surface area contributed by atoms with Gasteiger partial charge in [0.15, 0.2) is 0 Å². The van der Waals surface area contributed by atoms with Crippen molar-refractivity contribution in [2.24, 2.45) is 0 Å². The van der Waals surface area contributed by atoms with Crippen LogP contribution in [0, 0.1) is 5.82 Å². The van der Waals surface area contributed by atoms with Crippen LogP contribution in [-0.2, 0) is 4.79 Å². The highest BCUT2D eigenvalue weighted by Crippen LogP contribution is 2.21. The van der Waals surface area contributed by atoms with E-state index >= 15 is 0 Å². The van der Waals surface area contributed by atoms with Crippen molar-refractivity contribution in [2.75, 3.05) is 17.2 Å². The van der Waals surface area contributed by atoms with Crippen molar-refractivity contribution in [1.29, 1.82) is 0 Å². The molecule has 3 N–H and O–H groups in total. The molecule has 1 aromatic carbocycles. The number of benzene rings is 1. The lowest BCUT2D eigenvalue weighted by Crippen LogP contribution is -2.49. The van der Waals surface area contributed by atoms with Gasteiger partial charge in [-0.05, 0) is 18.2 Å². The summed E-state index contributed by atoms with van der Waals surface area (Å²) in [5.74, 6) is -0.839. The minimum atomic E-state index is -0.530. The number of nitrogens with zero attached hydrogens (tertiary/aromatic N) is 1. The Kier molecular flexibility index (Phi) is 3.90. The highest BCUT2D eigenvalue weighted by atomic mass is 35.5. The first-order valence-electron chi connectivity index (χ1n) is 4.74. The van der Waals surface area contributed by atoms with E-state index in [9.17, 15) is 14.0 Å². The molecule has 0 aliphatic carbocycles. The molecule has 0 spiro atoms. The number of anilines is 2. The summed E-state index contributed by atoms with van der Waals surface area (Å²) < 4.78 is 12.9. The van der Waals surface area contributed by atoms with E-state index in [2.05, 4.69) is 5.32 Å². The summed E-state index contributed by atoms with van der Waals surface area (Å²) in [6.07, 6.45) is 0.225. The van der Waals surface area contributed by atoms with Gasteiger partial charge in [-0.2, -0.15) is 0 Å². The van der Waals surface area contributed by atoms with Crippen molar-refractivity contribution in [3.63, 3.8) is 0 Å². The summed E-state index contributed by atoms with van der Waals surface area (Å²) in [6.45, 7) is 0.274. The third-order valence-electron chi connectivity index (χ3n) is 2.35. The van der Waals surface area contributed by atoms with Crippen LogP contribution in [0.5, 0.6) is 0 Å². The molecule has 0 unspecified atom stereocenters. The van der Waals surface area contributed by atoms with Gasteiger partial charge in [0, 0.05) is 18.7 Å². The number of imide groups is 1. The largest absolute Gasteiger partial charge is 0.396 e. The number of carbonyl (C=O) groups is 2. The molecule has 0 radical (unpaired) electrons. The van der Waals surface area contributed by atoms with E-state index in [0.29, 0.717) is 5.69 Å². The van der Waals surface area contributed by atoms with Gasteiger partial charge in [-0.3, -0.25) is 15.0 Å². The smallest absolute Gasteiger partial charge is 0.328 e. The fourth-order valence-corrected chi connectivity index (χ4v) is 1.51. The van der Waals surface area contributed by atoms with E-state index in [-0.39, 0.29) is 37.0 Å². The molecule has 1 heterocycles. The first-order chi connectivity index (χ1) is 7.58. The molecule has 0 atom stereocenters. The molecule has 1 saturated heterocycles. The van der Waals surface area contributed by atoms with E-state index in [4.69, 9.17) is 5.73 Å². The van der Waals surface area contributed by atoms with Crippen molar-refractivity contribution in [2.45, 2.75) is 6.42 Å². The molecule has 0 bridgehead atoms. The average Bonchev–Trinajstić information content (AvgIpc) is 2.22. The zero-order chi connectivity index (χ0) is 11.7. The number of nitrogens with two attached hydrogens (primary N) is 1. The molecule has 92 valence electrons. The van der Waals surface area contributed by atoms with E-state index in [0.717, 1.165) is 0 Å². The third kappa shape index (κ3) is 2.65. The predicted molar refractivity (Wildman–Crippen MR) is 63.6 cm³/mol. The van der Waals surface area contributed by atoms with Gasteiger partial charge in [-0.25, -0.2) is 9.18 Å². The topological polar surface area (TPSA) is 75.4 Å². The van der Waals surface area contributed by atoms with Gasteiger partial charge in [0.25, 0.3) is 0 Å². The van der Waals surface area contributed by atoms with E-state index in [1.165, 1.54) is 23.1 Å². The monoisotopic (exact) mass is 259 g/mol. The molecule has 5 nitrogen and oxygen atoms in total. The lowest BCUT2D eigenvalue weighted by Gasteiger charge is -2.26. The van der Waals surface area contributed by atoms with Gasteiger partial charge in [-0.15, -0.1) is 12.4 Å². The van der Waals surface area contributed by atoms with E-state index in [1.54, 1.807) is 0 Å². The van der Waals surface area contributed by atoms with E-state index < -0.39 is 11.8 Å². The van der Waals surface area contributed by atoms with Gasteiger partial charge < -0.3 is 5.73 Å². The van der Waals surface area contributed by atoms with Crippen LogP contribution in [0.25, 0.3) is 0 Å². The molecule has 2 rings (SSSR count). The Morgan fingerprint density at radius 2 is 2.06 bits per heavy atom. The Bertz CT molecular complexity index is 467. The molecular weight excluding hydrogens is 249 g/mol. The van der Waals surface area contributed by atoms with Crippen molar-refractivity contribution >= 4 is 35.7 Å². The van der Waals surface area contributed by atoms with Gasteiger partial charge in [0.1, 0.15) is 5.82 Å². The molecule has 7 heteroatoms. The number of carbonyl (C=O) groups excluding carboxylic acids is 2. The fraction of sp³-hybridized carbons (Fsp3) is 0.200. The maximum atomic E-state index is 12.9. The number of halogens is 2. The maximum Gasteiger partial charge on any atom is 0.328 e. The summed E-state index contributed by atoms with van der Waals surface area (Å²) in [4.78, 5) is 23.7. The van der Waals surface area contributed by atoms with Gasteiger partial charge >= 0.3 is 6.03 Å². The van der Waals surface area contributed by atoms with Crippen molar-refractivity contribution in [3.05, 3.63) is 24.0 Å². The van der Waals surface area contributed by atoms with Crippen LogP contribution in [0.2, 0.25) is 0 Å². The maximum absolute atomic E-state index is 12.9. The fourth-order valence-electron chi connectivity index (χ4n) is 1.51. The van der Waals surface area contributed by atoms with Crippen molar-refractivity contribution < 1.29 is 14.0 Å². The molecule has 1 fully saturated rings. The summed E-state index contributed by atoms with van der Waals surface area (Å²) in [5.41, 5.74) is 5.85. The Morgan fingerprint density at radius 1 is 1.35 bits per heavy atom. The third-order valence-corrected chi connectivity index (χ3v) is 2.35. The zero-order valence-corrected chi connectivity index (χ0v) is 9.59. The summed E-state index contributed by atoms with van der Waals surface area (Å²) in [5, 5.41) is 2.18. The number of hydrogen-bond acceptors (Lipinski definition) is 3. The van der Waals surface area contributed by atoms with Crippen molar-refractivity contribution in [1.82, 2.24) is 5.32 Å². The average molecular weight is 260 g/mol. The molecule has 3 amide bonds. The second kappa shape index (κ2) is 5.01. The minimum absolute atomic E-state index is 0. The standard InChI is InChI=1S/C10H10FN3O2.ClH/c11-7-2-1-6(5-8(7)12)14-4-3-9(15)13-10(14)16;/h1-2,5H,3-4,12H2,(H,13,15,16);1H. The number of amides is 3. The van der Waals surface area contributed by atoms with Crippen LogP contribution in [0.4, 0.5) is 20.6 Å². The van der Waals surface area contributed by atoms with Gasteiger partial charge in [0.2, 0.25) is 5.91 Å². The van der Waals surface area contributed by atoms with E-state index in [1.807, 2.05) is 0 Å². The zero-order valence-electron chi connectivity index (χ0n) is 8.77. The van der Waals surface area contributed by atoms with Crippen LogP contribution < -0.4 is 16.0 Å². The molecule has 0 saturated carbocycles. The van der Waals surface area contributed by atoms with Crippen LogP contribution in [0.3, 0.4) is 0 Å². The Hall–Kier alpha value is -1.82. The first-order valence-corrected chi connectivity index (χ1v) is 4.74. The van der Waals surface area contributed by atoms with Crippen LogP contribution in [-0.4, -0.2) is 18.5 Å². The summed E-state index contributed by atoms with van der Waals surface area (Å²) in [7, 11) is 0. The molecule has 1 aromatic rings. The van der Waals surface area contributed by atoms with Crippen LogP contribution >= 0.6 is 12.4 Å². The van der Waals surface area contributed by atoms with Gasteiger partial charge in [-0.1, -0.05) is 0 Å². The quantitative estimate of drug-likeness (QED) is 0.746. The highest BCUT2D eigenvalue weighted by molar-refractivity contribution is 6.05. The Labute approximate surface area is 103 Å². The molecule has 17 heavy (non-hydrogen) atoms. The molecule has 1 aliphatic rings. The highest BCUT2D eigenvalue weighted by Gasteiger charge is 2.24. The number of hydrogen-bond donors (Lipinski definition) is 2. The normalized spacial score (nSPS) is 15.2. The lowest BCUT2D eigenvalue weighted by molar-refractivity contribution is -0.120. The second-order valence-corrected chi connectivity index (χ2v) is 3.46. The first kappa shape index (κ1) is 13.2. The number of urea groups is 1. The second-order valence-electron chi connectivity index (χ2n) is 3.46. The van der Waals surface area contributed by atoms with Crippen LogP contribution in [0.15, 0.2) is 18.2 Å². The van der Waals surface area contributed by atoms with Gasteiger partial charge in [0.05, 0.1) is 5.69 Å². The number of rotatable bonds is 1. The van der Waals surface area contributed by atoms with Crippen LogP contribution in [0.1, 0.15) is 6.42 Å². The summed E-state index contributed by atoms with van der Waals surface area (Å²) in [6, 6.07) is 3.49. The van der Waals surface area contributed by atoms with Crippen molar-refractivity contribution in [3.8, 4) is 0 Å². The minimum Gasteiger partial charge on any atom is -0.396 e. The predicted octanol–water partition coefficient (Wildman–Crippen LogP) is 1.28. The molecule has 0 aromatic heterocycles. The SMILES string of the molecule is Cl.Nc1cc(N2CCC(=O)NC2=O)ccc1F. The summed E-state index contributed by atoms with van der Waals surface area (Å²) >= 11 is 0. The molecular formula is C10H11ClFN3O2. The Balaban J connectivity index is 0.00000144. The Morgan fingerprint density at radius 3 is 2.65 bits per heavy atom. The number of nitrogen functional groups attached to an aromatic ring is 1.